The first kappa shape index (κ1) is 19.2. The highest BCUT2D eigenvalue weighted by molar-refractivity contribution is 7.80. The Morgan fingerprint density at radius 2 is 1.71 bits per heavy atom. The summed E-state index contributed by atoms with van der Waals surface area (Å²) in [4.78, 5) is 44.7. The average molecular weight is 321 g/mol. The van der Waals surface area contributed by atoms with E-state index >= 15 is 0 Å². The molecule has 0 spiro atoms. The summed E-state index contributed by atoms with van der Waals surface area (Å²) in [6.45, 7) is 1.25. The second-order valence-electron chi connectivity index (χ2n) is 4.35. The van der Waals surface area contributed by atoms with Crippen molar-refractivity contribution in [3.63, 3.8) is 0 Å². The Morgan fingerprint density at radius 1 is 1.14 bits per heavy atom. The van der Waals surface area contributed by atoms with Gasteiger partial charge >= 0.3 is 11.9 Å². The van der Waals surface area contributed by atoms with Gasteiger partial charge in [-0.2, -0.15) is 12.6 Å². The molecule has 0 aliphatic rings. The summed E-state index contributed by atoms with van der Waals surface area (Å²) < 4.78 is 0. The number of carboxylic acids is 2. The van der Waals surface area contributed by atoms with Gasteiger partial charge in [-0.3, -0.25) is 19.2 Å². The monoisotopic (exact) mass is 321 g/mol. The fraction of sp³-hybridized carbons (Fsp3) is 0.636. The number of hydrogen-bond acceptors (Lipinski definition) is 6. The summed E-state index contributed by atoms with van der Waals surface area (Å²) in [5.74, 6) is -3.81. The van der Waals surface area contributed by atoms with Gasteiger partial charge in [0.1, 0.15) is 12.1 Å². The molecule has 2 amide bonds. The van der Waals surface area contributed by atoms with Crippen LogP contribution in [0.15, 0.2) is 0 Å². The molecule has 0 aromatic heterocycles. The molecule has 0 aliphatic carbocycles. The highest BCUT2D eigenvalue weighted by Gasteiger charge is 2.26. The number of carbonyl (C=O) groups excluding carboxylic acids is 2. The van der Waals surface area contributed by atoms with Crippen molar-refractivity contribution in [1.82, 2.24) is 10.6 Å². The zero-order valence-corrected chi connectivity index (χ0v) is 12.3. The number of hydrogen-bond donors (Lipinski definition) is 6. The van der Waals surface area contributed by atoms with E-state index in [1.165, 1.54) is 6.92 Å². The largest absolute Gasteiger partial charge is 0.481 e. The molecule has 0 aromatic rings. The number of aliphatic carboxylic acids is 2. The maximum Gasteiger partial charge on any atom is 0.325 e. The molecule has 21 heavy (non-hydrogen) atoms. The number of carbonyl (C=O) groups is 4. The van der Waals surface area contributed by atoms with Crippen molar-refractivity contribution in [2.75, 3.05) is 5.75 Å². The Kier molecular flexibility index (Phi) is 8.39. The van der Waals surface area contributed by atoms with Crippen LogP contribution in [0.4, 0.5) is 0 Å². The number of amides is 2. The quantitative estimate of drug-likeness (QED) is 0.273. The number of carboxylic acid groups (broad SMARTS) is 2. The van der Waals surface area contributed by atoms with Gasteiger partial charge in [0.25, 0.3) is 0 Å². The predicted octanol–water partition coefficient (Wildman–Crippen LogP) is -1.82. The standard InChI is InChI=1S/C11H19N3O6S/c1-5(11(19)20)13-10(18)7(2-3-8(15)16)14-9(17)6(12)4-21/h5-7,21H,2-4,12H2,1H3,(H,13,18)(H,14,17)(H,15,16)(H,19,20)/t5-,6-,7-/m0/s1. The van der Waals surface area contributed by atoms with Crippen LogP contribution in [0.1, 0.15) is 19.8 Å². The van der Waals surface area contributed by atoms with Gasteiger partial charge in [-0.25, -0.2) is 0 Å². The van der Waals surface area contributed by atoms with Crippen LogP contribution in [0.5, 0.6) is 0 Å². The van der Waals surface area contributed by atoms with Crippen LogP contribution < -0.4 is 16.4 Å². The summed E-state index contributed by atoms with van der Waals surface area (Å²) in [5.41, 5.74) is 5.44. The zero-order valence-electron chi connectivity index (χ0n) is 11.4. The molecule has 0 saturated carbocycles. The van der Waals surface area contributed by atoms with Crippen LogP contribution in [0.2, 0.25) is 0 Å². The lowest BCUT2D eigenvalue weighted by atomic mass is 10.1. The third kappa shape index (κ3) is 7.51. The summed E-state index contributed by atoms with van der Waals surface area (Å²) >= 11 is 3.84. The van der Waals surface area contributed by atoms with E-state index in [-0.39, 0.29) is 18.6 Å². The minimum atomic E-state index is -1.25. The van der Waals surface area contributed by atoms with E-state index in [9.17, 15) is 19.2 Å². The Labute approximate surface area is 126 Å². The third-order valence-electron chi connectivity index (χ3n) is 2.54. The van der Waals surface area contributed by atoms with Crippen molar-refractivity contribution >= 4 is 36.4 Å². The van der Waals surface area contributed by atoms with Crippen molar-refractivity contribution in [2.45, 2.75) is 37.9 Å². The van der Waals surface area contributed by atoms with Gasteiger partial charge < -0.3 is 26.6 Å². The van der Waals surface area contributed by atoms with Crippen LogP contribution >= 0.6 is 12.6 Å². The summed E-state index contributed by atoms with van der Waals surface area (Å²) in [5, 5.41) is 21.8. The summed E-state index contributed by atoms with van der Waals surface area (Å²) in [6, 6.07) is -3.30. The molecule has 6 N–H and O–H groups in total. The van der Waals surface area contributed by atoms with E-state index in [0.717, 1.165) is 0 Å². The minimum absolute atomic E-state index is 0.0463. The lowest BCUT2D eigenvalue weighted by molar-refractivity contribution is -0.142. The number of nitrogens with two attached hydrogens (primary N) is 1. The van der Waals surface area contributed by atoms with E-state index in [0.29, 0.717) is 0 Å². The first-order valence-electron chi connectivity index (χ1n) is 6.10. The average Bonchev–Trinajstić information content (AvgIpc) is 2.41. The molecule has 0 aliphatic heterocycles. The zero-order chi connectivity index (χ0) is 16.6. The van der Waals surface area contributed by atoms with E-state index in [1.54, 1.807) is 0 Å². The number of nitrogens with one attached hydrogen (secondary N) is 2. The molecular formula is C11H19N3O6S. The third-order valence-corrected chi connectivity index (χ3v) is 2.94. The van der Waals surface area contributed by atoms with Crippen LogP contribution in [0, 0.1) is 0 Å². The molecule has 120 valence electrons. The molecule has 9 nitrogen and oxygen atoms in total. The number of rotatable bonds is 9. The lowest BCUT2D eigenvalue weighted by Crippen LogP contribution is -2.54. The second-order valence-corrected chi connectivity index (χ2v) is 4.72. The molecule has 10 heteroatoms. The lowest BCUT2D eigenvalue weighted by Gasteiger charge is -2.20. The molecule has 0 radical (unpaired) electrons. The van der Waals surface area contributed by atoms with Crippen molar-refractivity contribution in [3.05, 3.63) is 0 Å². The van der Waals surface area contributed by atoms with Crippen molar-refractivity contribution in [3.8, 4) is 0 Å². The van der Waals surface area contributed by atoms with Crippen molar-refractivity contribution < 1.29 is 29.4 Å². The van der Waals surface area contributed by atoms with Gasteiger partial charge in [-0.05, 0) is 13.3 Å². The van der Waals surface area contributed by atoms with Crippen molar-refractivity contribution in [1.29, 1.82) is 0 Å². The Hall–Kier alpha value is -1.81. The SMILES string of the molecule is C[C@H](NC(=O)[C@H](CCC(=O)O)NC(=O)[C@@H](N)CS)C(=O)O. The van der Waals surface area contributed by atoms with Gasteiger partial charge in [0.15, 0.2) is 0 Å². The molecule has 0 saturated heterocycles. The van der Waals surface area contributed by atoms with E-state index in [1.807, 2.05) is 0 Å². The minimum Gasteiger partial charge on any atom is -0.481 e. The normalized spacial score (nSPS) is 14.6. The van der Waals surface area contributed by atoms with Crippen LogP contribution in [-0.2, 0) is 19.2 Å². The molecule has 3 atom stereocenters. The molecule has 0 aromatic carbocycles. The maximum absolute atomic E-state index is 11.9. The highest BCUT2D eigenvalue weighted by atomic mass is 32.1. The fourth-order valence-corrected chi connectivity index (χ4v) is 1.44. The van der Waals surface area contributed by atoms with Crippen LogP contribution in [0.25, 0.3) is 0 Å². The highest BCUT2D eigenvalue weighted by Crippen LogP contribution is 2.00. The molecule has 0 rings (SSSR count). The van der Waals surface area contributed by atoms with Gasteiger partial charge in [0.05, 0.1) is 6.04 Å². The first-order chi connectivity index (χ1) is 9.68. The second kappa shape index (κ2) is 9.19. The van der Waals surface area contributed by atoms with Gasteiger partial charge in [0, 0.05) is 12.2 Å². The van der Waals surface area contributed by atoms with Gasteiger partial charge in [-0.15, -0.1) is 0 Å². The molecule has 0 heterocycles. The Bertz CT molecular complexity index is 417. The summed E-state index contributed by atoms with van der Waals surface area (Å²) in [6.07, 6.45) is -0.547. The molecule has 0 fully saturated rings. The van der Waals surface area contributed by atoms with Gasteiger partial charge in [0.2, 0.25) is 11.8 Å². The Balaban J connectivity index is 4.79. The molecule has 0 unspecified atom stereocenters. The summed E-state index contributed by atoms with van der Waals surface area (Å²) in [7, 11) is 0. The van der Waals surface area contributed by atoms with Gasteiger partial charge in [-0.1, -0.05) is 0 Å². The van der Waals surface area contributed by atoms with E-state index in [4.69, 9.17) is 15.9 Å². The Morgan fingerprint density at radius 3 is 2.14 bits per heavy atom. The van der Waals surface area contributed by atoms with Crippen molar-refractivity contribution in [2.24, 2.45) is 5.73 Å². The molecule has 0 bridgehead atoms. The first-order valence-corrected chi connectivity index (χ1v) is 6.74. The topological polar surface area (TPSA) is 159 Å². The van der Waals surface area contributed by atoms with E-state index < -0.39 is 41.9 Å². The van der Waals surface area contributed by atoms with Crippen LogP contribution in [-0.4, -0.2) is 57.8 Å². The predicted molar refractivity (Wildman–Crippen MR) is 75.9 cm³/mol. The fourth-order valence-electron chi connectivity index (χ4n) is 1.27. The smallest absolute Gasteiger partial charge is 0.325 e. The molecular weight excluding hydrogens is 302 g/mol. The van der Waals surface area contributed by atoms with Crippen LogP contribution in [0.3, 0.4) is 0 Å². The van der Waals surface area contributed by atoms with E-state index in [2.05, 4.69) is 23.3 Å². The number of thiol groups is 1. The maximum atomic E-state index is 11.9.